The van der Waals surface area contributed by atoms with Gasteiger partial charge in [-0.15, -0.1) is 0 Å². The van der Waals surface area contributed by atoms with E-state index in [0.29, 0.717) is 29.3 Å². The van der Waals surface area contributed by atoms with Gasteiger partial charge in [-0.3, -0.25) is 9.78 Å². The van der Waals surface area contributed by atoms with Crippen LogP contribution in [0, 0.1) is 5.82 Å². The predicted molar refractivity (Wildman–Crippen MR) is 95.0 cm³/mol. The number of halogens is 4. The van der Waals surface area contributed by atoms with Gasteiger partial charge in [-0.1, -0.05) is 0 Å². The van der Waals surface area contributed by atoms with E-state index in [-0.39, 0.29) is 30.2 Å². The first-order valence-corrected chi connectivity index (χ1v) is 8.52. The maximum absolute atomic E-state index is 14.4. The van der Waals surface area contributed by atoms with E-state index in [4.69, 9.17) is 10.5 Å². The maximum atomic E-state index is 14.4. The summed E-state index contributed by atoms with van der Waals surface area (Å²) in [6, 6.07) is 4.51. The minimum atomic E-state index is -4.50. The lowest BCUT2D eigenvalue weighted by Crippen LogP contribution is -2.24. The van der Waals surface area contributed by atoms with Gasteiger partial charge in [0.05, 0.1) is 42.1 Å². The number of carbonyl (C=O) groups excluding carboxylic acids is 1. The largest absolute Gasteiger partial charge is 0.417 e. The molecule has 1 amide bonds. The van der Waals surface area contributed by atoms with Crippen molar-refractivity contribution in [2.45, 2.75) is 25.9 Å². The Morgan fingerprint density at radius 1 is 1.21 bits per heavy atom. The van der Waals surface area contributed by atoms with Gasteiger partial charge in [0.15, 0.2) is 0 Å². The molecule has 1 aliphatic heterocycles. The van der Waals surface area contributed by atoms with E-state index in [1.165, 1.54) is 6.07 Å². The third-order valence-electron chi connectivity index (χ3n) is 4.64. The molecule has 0 atom stereocenters. The van der Waals surface area contributed by atoms with Gasteiger partial charge in [-0.2, -0.15) is 13.2 Å². The van der Waals surface area contributed by atoms with Crippen molar-refractivity contribution in [3.8, 4) is 0 Å². The zero-order valence-electron chi connectivity index (χ0n) is 14.8. The van der Waals surface area contributed by atoms with Crippen molar-refractivity contribution in [2.75, 3.05) is 5.73 Å². The molecule has 0 bridgehead atoms. The Hall–Kier alpha value is -3.27. The Morgan fingerprint density at radius 3 is 2.66 bits per heavy atom. The Morgan fingerprint density at radius 2 is 1.97 bits per heavy atom. The van der Waals surface area contributed by atoms with Gasteiger partial charge in [0.25, 0.3) is 5.91 Å². The molecule has 1 aromatic carbocycles. The van der Waals surface area contributed by atoms with Crippen LogP contribution >= 0.6 is 0 Å². The van der Waals surface area contributed by atoms with Crippen LogP contribution in [0.2, 0.25) is 0 Å². The highest BCUT2D eigenvalue weighted by atomic mass is 19.4. The molecule has 29 heavy (non-hydrogen) atoms. The third-order valence-corrected chi connectivity index (χ3v) is 4.64. The SMILES string of the molecule is Nc1nc2cc(F)c(C(=O)NCc3ccc(C(F)(F)F)cn3)cc2c2c1COC2. The van der Waals surface area contributed by atoms with Crippen molar-refractivity contribution in [2.24, 2.45) is 0 Å². The molecule has 0 spiro atoms. The monoisotopic (exact) mass is 406 g/mol. The van der Waals surface area contributed by atoms with Gasteiger partial charge < -0.3 is 15.8 Å². The molecule has 0 unspecified atom stereocenters. The molecule has 10 heteroatoms. The summed E-state index contributed by atoms with van der Waals surface area (Å²) in [7, 11) is 0. The van der Waals surface area contributed by atoms with Gasteiger partial charge in [0.2, 0.25) is 0 Å². The van der Waals surface area contributed by atoms with Gasteiger partial charge in [0.1, 0.15) is 11.6 Å². The molecular formula is C19H14F4N4O2. The highest BCUT2D eigenvalue weighted by Crippen LogP contribution is 2.32. The van der Waals surface area contributed by atoms with Crippen LogP contribution in [0.3, 0.4) is 0 Å². The second-order valence-corrected chi connectivity index (χ2v) is 6.51. The normalized spacial score (nSPS) is 13.5. The maximum Gasteiger partial charge on any atom is 0.417 e. The van der Waals surface area contributed by atoms with Crippen molar-refractivity contribution in [1.82, 2.24) is 15.3 Å². The summed E-state index contributed by atoms with van der Waals surface area (Å²) in [6.07, 6.45) is -3.82. The lowest BCUT2D eigenvalue weighted by molar-refractivity contribution is -0.137. The van der Waals surface area contributed by atoms with Crippen LogP contribution in [0.1, 0.15) is 32.7 Å². The average molecular weight is 406 g/mol. The molecule has 2 aromatic heterocycles. The van der Waals surface area contributed by atoms with Crippen LogP contribution in [-0.2, 0) is 30.7 Å². The average Bonchev–Trinajstić information content (AvgIpc) is 3.16. The highest BCUT2D eigenvalue weighted by Gasteiger charge is 2.30. The molecule has 0 fully saturated rings. The van der Waals surface area contributed by atoms with Crippen molar-refractivity contribution >= 4 is 22.6 Å². The van der Waals surface area contributed by atoms with E-state index in [2.05, 4.69) is 15.3 Å². The number of benzene rings is 1. The molecule has 0 saturated carbocycles. The predicted octanol–water partition coefficient (Wildman–Crippen LogP) is 3.33. The van der Waals surface area contributed by atoms with E-state index >= 15 is 0 Å². The first-order chi connectivity index (χ1) is 13.7. The second-order valence-electron chi connectivity index (χ2n) is 6.51. The molecule has 3 N–H and O–H groups in total. The summed E-state index contributed by atoms with van der Waals surface area (Å²) in [4.78, 5) is 20.3. The van der Waals surface area contributed by atoms with Crippen LogP contribution in [0.4, 0.5) is 23.4 Å². The van der Waals surface area contributed by atoms with E-state index < -0.39 is 23.5 Å². The standard InChI is InChI=1S/C19H14F4N4O2/c20-15-4-16-11(13-7-29-8-14(13)17(24)27-16)3-12(15)18(28)26-6-10-2-1-9(5-25-10)19(21,22)23/h1-5H,6-8H2,(H2,24,27)(H,26,28). The molecule has 3 aromatic rings. The van der Waals surface area contributed by atoms with Gasteiger partial charge in [-0.25, -0.2) is 9.37 Å². The van der Waals surface area contributed by atoms with Crippen molar-refractivity contribution in [3.05, 3.63) is 64.2 Å². The summed E-state index contributed by atoms with van der Waals surface area (Å²) in [5.74, 6) is -1.26. The first kappa shape index (κ1) is 19.1. The molecule has 6 nitrogen and oxygen atoms in total. The fourth-order valence-corrected chi connectivity index (χ4v) is 3.13. The molecule has 0 radical (unpaired) electrons. The summed E-state index contributed by atoms with van der Waals surface area (Å²) in [6.45, 7) is 0.416. The van der Waals surface area contributed by atoms with Crippen LogP contribution in [0.15, 0.2) is 30.5 Å². The van der Waals surface area contributed by atoms with Crippen LogP contribution < -0.4 is 11.1 Å². The fraction of sp³-hybridized carbons (Fsp3) is 0.211. The number of anilines is 1. The number of fused-ring (bicyclic) bond motifs is 3. The second kappa shape index (κ2) is 6.96. The Bertz CT molecular complexity index is 1110. The summed E-state index contributed by atoms with van der Waals surface area (Å²) >= 11 is 0. The van der Waals surface area contributed by atoms with Crippen LogP contribution in [0.25, 0.3) is 10.9 Å². The smallest absolute Gasteiger partial charge is 0.383 e. The van der Waals surface area contributed by atoms with Gasteiger partial charge >= 0.3 is 6.18 Å². The van der Waals surface area contributed by atoms with E-state index in [1.54, 1.807) is 0 Å². The molecule has 4 rings (SSSR count). The quantitative estimate of drug-likeness (QED) is 0.652. The minimum Gasteiger partial charge on any atom is -0.383 e. The van der Waals surface area contributed by atoms with Crippen molar-refractivity contribution in [1.29, 1.82) is 0 Å². The zero-order valence-corrected chi connectivity index (χ0v) is 14.8. The van der Waals surface area contributed by atoms with E-state index in [9.17, 15) is 22.4 Å². The lowest BCUT2D eigenvalue weighted by atomic mass is 10.0. The van der Waals surface area contributed by atoms with E-state index in [1.807, 2.05) is 0 Å². The molecule has 0 saturated heterocycles. The Kier molecular flexibility index (Phi) is 4.58. The molecule has 150 valence electrons. The number of pyridine rings is 2. The molecule has 0 aliphatic carbocycles. The number of rotatable bonds is 3. The number of alkyl halides is 3. The number of hydrogen-bond donors (Lipinski definition) is 2. The number of nitrogens with zero attached hydrogens (tertiary/aromatic N) is 2. The highest BCUT2D eigenvalue weighted by molar-refractivity contribution is 5.99. The van der Waals surface area contributed by atoms with Gasteiger partial charge in [-0.05, 0) is 23.8 Å². The van der Waals surface area contributed by atoms with Gasteiger partial charge in [0, 0.05) is 23.2 Å². The summed E-state index contributed by atoms with van der Waals surface area (Å²) in [5.41, 5.74) is 6.74. The number of nitrogens with one attached hydrogen (secondary N) is 1. The number of amides is 1. The van der Waals surface area contributed by atoms with Crippen LogP contribution in [-0.4, -0.2) is 15.9 Å². The van der Waals surface area contributed by atoms with Crippen molar-refractivity contribution < 1.29 is 27.1 Å². The number of aromatic nitrogens is 2. The Labute approximate surface area is 161 Å². The zero-order chi connectivity index (χ0) is 20.8. The number of carbonyl (C=O) groups is 1. The summed E-state index contributed by atoms with van der Waals surface area (Å²) < 4.78 is 57.5. The fourth-order valence-electron chi connectivity index (χ4n) is 3.13. The summed E-state index contributed by atoms with van der Waals surface area (Å²) in [5, 5.41) is 3.02. The topological polar surface area (TPSA) is 90.1 Å². The Balaban J connectivity index is 1.57. The minimum absolute atomic E-state index is 0.157. The van der Waals surface area contributed by atoms with Crippen molar-refractivity contribution in [3.63, 3.8) is 0 Å². The first-order valence-electron chi connectivity index (χ1n) is 8.52. The molecule has 3 heterocycles. The third kappa shape index (κ3) is 3.58. The number of hydrogen-bond acceptors (Lipinski definition) is 5. The number of nitrogen functional groups attached to an aromatic ring is 1. The molecular weight excluding hydrogens is 392 g/mol. The number of ether oxygens (including phenoxy) is 1. The molecule has 1 aliphatic rings. The van der Waals surface area contributed by atoms with Crippen LogP contribution in [0.5, 0.6) is 0 Å². The van der Waals surface area contributed by atoms with E-state index in [0.717, 1.165) is 23.8 Å². The number of nitrogens with two attached hydrogens (primary N) is 1. The lowest BCUT2D eigenvalue weighted by Gasteiger charge is -2.11.